The van der Waals surface area contributed by atoms with E-state index in [1.54, 1.807) is 0 Å². The maximum absolute atomic E-state index is 13.6. The third-order valence-electron chi connectivity index (χ3n) is 7.49. The van der Waals surface area contributed by atoms with Crippen LogP contribution in [0, 0.1) is 0 Å². The van der Waals surface area contributed by atoms with Crippen LogP contribution in [0.1, 0.15) is 48.0 Å². The summed E-state index contributed by atoms with van der Waals surface area (Å²) in [6.45, 7) is 8.60. The summed E-state index contributed by atoms with van der Waals surface area (Å²) < 4.78 is 5.70. The van der Waals surface area contributed by atoms with Crippen LogP contribution in [0.15, 0.2) is 48.5 Å². The van der Waals surface area contributed by atoms with E-state index in [0.717, 1.165) is 33.9 Å². The standard InChI is InChI=1S/C28H29N5O3/c1-17-16-36-13-12-32(17)26-21-15-33(27(35)18-8-5-4-6-9-18)28(2,3)24(21)30-25(31-26)19-10-7-11-22-20(19)14-23(34)29-22/h4-11,17H,12-16H2,1-3H3,(H,29,34)/t17-/m1/s1. The zero-order chi connectivity index (χ0) is 25.0. The van der Waals surface area contributed by atoms with E-state index < -0.39 is 5.54 Å². The molecule has 1 atom stereocenters. The summed E-state index contributed by atoms with van der Waals surface area (Å²) >= 11 is 0. The molecule has 0 aliphatic carbocycles. The van der Waals surface area contributed by atoms with Crippen molar-refractivity contribution in [3.05, 3.63) is 70.9 Å². The minimum absolute atomic E-state index is 0.0272. The highest BCUT2D eigenvalue weighted by atomic mass is 16.5. The number of hydrogen-bond donors (Lipinski definition) is 1. The predicted octanol–water partition coefficient (Wildman–Crippen LogP) is 3.75. The third-order valence-corrected chi connectivity index (χ3v) is 7.49. The monoisotopic (exact) mass is 483 g/mol. The summed E-state index contributed by atoms with van der Waals surface area (Å²) in [5, 5.41) is 2.93. The Morgan fingerprint density at radius 1 is 1.08 bits per heavy atom. The number of rotatable bonds is 3. The van der Waals surface area contributed by atoms with Gasteiger partial charge in [-0.15, -0.1) is 0 Å². The normalized spacial score (nSPS) is 20.2. The van der Waals surface area contributed by atoms with Crippen molar-refractivity contribution in [3.63, 3.8) is 0 Å². The number of ether oxygens (including phenoxy) is 1. The van der Waals surface area contributed by atoms with E-state index >= 15 is 0 Å². The van der Waals surface area contributed by atoms with Crippen molar-refractivity contribution in [1.82, 2.24) is 14.9 Å². The van der Waals surface area contributed by atoms with Gasteiger partial charge >= 0.3 is 0 Å². The molecule has 0 unspecified atom stereocenters. The fourth-order valence-corrected chi connectivity index (χ4v) is 5.53. The second-order valence-corrected chi connectivity index (χ2v) is 10.2. The molecule has 3 aliphatic heterocycles. The molecule has 6 rings (SSSR count). The molecule has 0 radical (unpaired) electrons. The Morgan fingerprint density at radius 3 is 2.67 bits per heavy atom. The summed E-state index contributed by atoms with van der Waals surface area (Å²) in [6, 6.07) is 15.3. The maximum Gasteiger partial charge on any atom is 0.254 e. The van der Waals surface area contributed by atoms with Crippen LogP contribution in [0.3, 0.4) is 0 Å². The topological polar surface area (TPSA) is 87.7 Å². The molecule has 0 bridgehead atoms. The largest absolute Gasteiger partial charge is 0.377 e. The van der Waals surface area contributed by atoms with Crippen molar-refractivity contribution in [2.24, 2.45) is 0 Å². The predicted molar refractivity (Wildman–Crippen MR) is 137 cm³/mol. The summed E-state index contributed by atoms with van der Waals surface area (Å²) in [4.78, 5) is 40.1. The van der Waals surface area contributed by atoms with E-state index in [4.69, 9.17) is 14.7 Å². The molecule has 1 aromatic heterocycles. The number of nitrogens with zero attached hydrogens (tertiary/aromatic N) is 4. The molecule has 0 spiro atoms. The van der Waals surface area contributed by atoms with Crippen molar-refractivity contribution in [3.8, 4) is 11.4 Å². The minimum atomic E-state index is -0.643. The maximum atomic E-state index is 13.6. The highest BCUT2D eigenvalue weighted by Gasteiger charge is 2.45. The first kappa shape index (κ1) is 22.7. The van der Waals surface area contributed by atoms with Gasteiger partial charge in [0.25, 0.3) is 5.91 Å². The smallest absolute Gasteiger partial charge is 0.254 e. The first-order valence-electron chi connectivity index (χ1n) is 12.4. The summed E-state index contributed by atoms with van der Waals surface area (Å²) in [7, 11) is 0. The zero-order valence-corrected chi connectivity index (χ0v) is 20.7. The van der Waals surface area contributed by atoms with E-state index in [1.807, 2.05) is 67.3 Å². The zero-order valence-electron chi connectivity index (χ0n) is 20.7. The molecule has 2 amide bonds. The lowest BCUT2D eigenvalue weighted by Gasteiger charge is -2.35. The van der Waals surface area contributed by atoms with Gasteiger partial charge in [0, 0.05) is 28.9 Å². The first-order valence-corrected chi connectivity index (χ1v) is 12.4. The van der Waals surface area contributed by atoms with Crippen LogP contribution in [-0.4, -0.2) is 52.5 Å². The molecular formula is C28H29N5O3. The Bertz CT molecular complexity index is 1370. The van der Waals surface area contributed by atoms with Gasteiger partial charge in [0.1, 0.15) is 5.82 Å². The number of anilines is 2. The highest BCUT2D eigenvalue weighted by molar-refractivity contribution is 6.01. The Balaban J connectivity index is 1.51. The van der Waals surface area contributed by atoms with Gasteiger partial charge in [-0.3, -0.25) is 9.59 Å². The Labute approximate surface area is 210 Å². The number of morpholine rings is 1. The molecular weight excluding hydrogens is 454 g/mol. The second kappa shape index (κ2) is 8.41. The van der Waals surface area contributed by atoms with E-state index in [-0.39, 0.29) is 17.9 Å². The fourth-order valence-electron chi connectivity index (χ4n) is 5.53. The highest BCUT2D eigenvalue weighted by Crippen LogP contribution is 2.44. The molecule has 1 fully saturated rings. The summed E-state index contributed by atoms with van der Waals surface area (Å²) in [5.41, 5.74) is 4.40. The Kier molecular flexibility index (Phi) is 5.30. The quantitative estimate of drug-likeness (QED) is 0.611. The van der Waals surface area contributed by atoms with Crippen LogP contribution in [0.25, 0.3) is 11.4 Å². The lowest BCUT2D eigenvalue weighted by Crippen LogP contribution is -2.44. The molecule has 36 heavy (non-hydrogen) atoms. The average Bonchev–Trinajstić information content (AvgIpc) is 3.39. The number of hydrogen-bond acceptors (Lipinski definition) is 6. The number of fused-ring (bicyclic) bond motifs is 2. The van der Waals surface area contributed by atoms with Gasteiger partial charge in [-0.2, -0.15) is 0 Å². The minimum Gasteiger partial charge on any atom is -0.377 e. The van der Waals surface area contributed by atoms with Crippen LogP contribution >= 0.6 is 0 Å². The van der Waals surface area contributed by atoms with Crippen LogP contribution in [0.5, 0.6) is 0 Å². The molecule has 1 saturated heterocycles. The number of aromatic nitrogens is 2. The number of amides is 2. The molecule has 8 heteroatoms. The lowest BCUT2D eigenvalue weighted by molar-refractivity contribution is -0.115. The van der Waals surface area contributed by atoms with Crippen molar-refractivity contribution >= 4 is 23.3 Å². The van der Waals surface area contributed by atoms with Gasteiger partial charge in [0.2, 0.25) is 5.91 Å². The number of carbonyl (C=O) groups is 2. The molecule has 1 N–H and O–H groups in total. The van der Waals surface area contributed by atoms with E-state index in [2.05, 4.69) is 17.1 Å². The van der Waals surface area contributed by atoms with E-state index in [0.29, 0.717) is 44.1 Å². The van der Waals surface area contributed by atoms with Gasteiger partial charge < -0.3 is 19.9 Å². The van der Waals surface area contributed by atoms with Crippen LogP contribution in [0.2, 0.25) is 0 Å². The van der Waals surface area contributed by atoms with Crippen molar-refractivity contribution in [1.29, 1.82) is 0 Å². The van der Waals surface area contributed by atoms with Gasteiger partial charge in [-0.05, 0) is 44.5 Å². The molecule has 184 valence electrons. The van der Waals surface area contributed by atoms with Crippen molar-refractivity contribution in [2.75, 3.05) is 30.0 Å². The van der Waals surface area contributed by atoms with Crippen molar-refractivity contribution in [2.45, 2.75) is 45.3 Å². The molecule has 3 aromatic rings. The molecule has 3 aliphatic rings. The fraction of sp³-hybridized carbons (Fsp3) is 0.357. The SMILES string of the molecule is C[C@@H]1COCCN1c1nc(-c2cccc3c2CC(=O)N3)nc2c1CN(C(=O)c1ccccc1)C2(C)C. The Hall–Kier alpha value is -3.78. The van der Waals surface area contributed by atoms with Crippen LogP contribution in [0.4, 0.5) is 11.5 Å². The van der Waals surface area contributed by atoms with E-state index in [9.17, 15) is 9.59 Å². The Morgan fingerprint density at radius 2 is 1.89 bits per heavy atom. The molecule has 4 heterocycles. The van der Waals surface area contributed by atoms with Crippen LogP contribution in [-0.2, 0) is 28.0 Å². The molecule has 8 nitrogen and oxygen atoms in total. The number of benzene rings is 2. The third kappa shape index (κ3) is 3.55. The first-order chi connectivity index (χ1) is 17.3. The average molecular weight is 484 g/mol. The van der Waals surface area contributed by atoms with Gasteiger partial charge in [0.05, 0.1) is 43.5 Å². The molecule has 0 saturated carbocycles. The van der Waals surface area contributed by atoms with Crippen molar-refractivity contribution < 1.29 is 14.3 Å². The van der Waals surface area contributed by atoms with Gasteiger partial charge in [0.15, 0.2) is 5.82 Å². The lowest BCUT2D eigenvalue weighted by atomic mass is 9.97. The van der Waals surface area contributed by atoms with Gasteiger partial charge in [-0.25, -0.2) is 9.97 Å². The van der Waals surface area contributed by atoms with Gasteiger partial charge in [-0.1, -0.05) is 30.3 Å². The summed E-state index contributed by atoms with van der Waals surface area (Å²) in [6.07, 6.45) is 0.303. The van der Waals surface area contributed by atoms with Crippen LogP contribution < -0.4 is 10.2 Å². The second-order valence-electron chi connectivity index (χ2n) is 10.2. The number of nitrogens with one attached hydrogen (secondary N) is 1. The molecule has 2 aromatic carbocycles. The van der Waals surface area contributed by atoms with E-state index in [1.165, 1.54) is 0 Å². The number of carbonyl (C=O) groups excluding carboxylic acids is 2. The summed E-state index contributed by atoms with van der Waals surface area (Å²) in [5.74, 6) is 1.37.